The van der Waals surface area contributed by atoms with Gasteiger partial charge in [0.25, 0.3) is 0 Å². The SMILES string of the molecule is CC(C)(C)c1nc(Br)cnc1C1CC1. The topological polar surface area (TPSA) is 25.8 Å². The lowest BCUT2D eigenvalue weighted by atomic mass is 9.89. The summed E-state index contributed by atoms with van der Waals surface area (Å²) in [6.07, 6.45) is 4.36. The molecule has 3 heteroatoms. The van der Waals surface area contributed by atoms with Crippen LogP contribution in [0, 0.1) is 0 Å². The van der Waals surface area contributed by atoms with Gasteiger partial charge in [0.2, 0.25) is 0 Å². The zero-order valence-electron chi connectivity index (χ0n) is 8.84. The van der Waals surface area contributed by atoms with Crippen LogP contribution < -0.4 is 0 Å². The Bertz CT molecular complexity index is 351. The van der Waals surface area contributed by atoms with Gasteiger partial charge in [0.05, 0.1) is 17.6 Å². The van der Waals surface area contributed by atoms with E-state index in [4.69, 9.17) is 0 Å². The summed E-state index contributed by atoms with van der Waals surface area (Å²) in [6, 6.07) is 0. The van der Waals surface area contributed by atoms with Crippen LogP contribution in [0.3, 0.4) is 0 Å². The van der Waals surface area contributed by atoms with E-state index in [1.807, 2.05) is 6.20 Å². The summed E-state index contributed by atoms with van der Waals surface area (Å²) in [5, 5.41) is 0. The van der Waals surface area contributed by atoms with Crippen LogP contribution in [-0.4, -0.2) is 9.97 Å². The maximum Gasteiger partial charge on any atom is 0.124 e. The van der Waals surface area contributed by atoms with Gasteiger partial charge in [0.15, 0.2) is 0 Å². The van der Waals surface area contributed by atoms with Gasteiger partial charge >= 0.3 is 0 Å². The van der Waals surface area contributed by atoms with Crippen molar-refractivity contribution in [3.05, 3.63) is 22.2 Å². The molecule has 0 aromatic carbocycles. The van der Waals surface area contributed by atoms with Gasteiger partial charge in [-0.3, -0.25) is 4.98 Å². The van der Waals surface area contributed by atoms with E-state index in [1.54, 1.807) is 0 Å². The monoisotopic (exact) mass is 254 g/mol. The molecule has 1 aromatic rings. The molecule has 0 amide bonds. The van der Waals surface area contributed by atoms with Crippen LogP contribution in [0.15, 0.2) is 10.8 Å². The van der Waals surface area contributed by atoms with Crippen molar-refractivity contribution in [3.63, 3.8) is 0 Å². The minimum atomic E-state index is 0.0920. The summed E-state index contributed by atoms with van der Waals surface area (Å²) < 4.78 is 0.840. The van der Waals surface area contributed by atoms with E-state index in [0.29, 0.717) is 5.92 Å². The standard InChI is InChI=1S/C11H15BrN2/c1-11(2,3)10-9(7-4-5-7)13-6-8(12)14-10/h6-7H,4-5H2,1-3H3. The summed E-state index contributed by atoms with van der Waals surface area (Å²) in [7, 11) is 0. The molecule has 0 N–H and O–H groups in total. The van der Waals surface area contributed by atoms with Gasteiger partial charge in [-0.1, -0.05) is 20.8 Å². The van der Waals surface area contributed by atoms with Crippen LogP contribution in [0.2, 0.25) is 0 Å². The Morgan fingerprint density at radius 2 is 2.00 bits per heavy atom. The van der Waals surface area contributed by atoms with Gasteiger partial charge in [-0.05, 0) is 28.8 Å². The normalized spacial score (nSPS) is 17.1. The van der Waals surface area contributed by atoms with Crippen molar-refractivity contribution >= 4 is 15.9 Å². The molecule has 0 unspecified atom stereocenters. The average molecular weight is 255 g/mol. The second kappa shape index (κ2) is 3.30. The van der Waals surface area contributed by atoms with Gasteiger partial charge in [-0.15, -0.1) is 0 Å². The number of hydrogen-bond donors (Lipinski definition) is 0. The van der Waals surface area contributed by atoms with E-state index in [1.165, 1.54) is 18.5 Å². The van der Waals surface area contributed by atoms with Crippen molar-refractivity contribution < 1.29 is 0 Å². The third-order valence-corrected chi connectivity index (χ3v) is 2.83. The second-order valence-electron chi connectivity index (χ2n) is 4.95. The molecule has 0 saturated heterocycles. The van der Waals surface area contributed by atoms with Crippen LogP contribution in [0.25, 0.3) is 0 Å². The highest BCUT2D eigenvalue weighted by molar-refractivity contribution is 9.10. The Hall–Kier alpha value is -0.440. The fourth-order valence-electron chi connectivity index (χ4n) is 1.58. The predicted octanol–water partition coefficient (Wildman–Crippen LogP) is 3.41. The van der Waals surface area contributed by atoms with E-state index in [0.717, 1.165) is 10.3 Å². The molecule has 0 bridgehead atoms. The number of aromatic nitrogens is 2. The molecular formula is C11H15BrN2. The highest BCUT2D eigenvalue weighted by atomic mass is 79.9. The molecule has 1 fully saturated rings. The zero-order chi connectivity index (χ0) is 10.3. The summed E-state index contributed by atoms with van der Waals surface area (Å²) >= 11 is 3.38. The van der Waals surface area contributed by atoms with Gasteiger partial charge in [-0.2, -0.15) is 0 Å². The van der Waals surface area contributed by atoms with Gasteiger partial charge in [0, 0.05) is 11.3 Å². The molecular weight excluding hydrogens is 240 g/mol. The maximum atomic E-state index is 4.56. The summed E-state index contributed by atoms with van der Waals surface area (Å²) in [4.78, 5) is 9.06. The average Bonchev–Trinajstić information content (AvgIpc) is 2.85. The molecule has 0 atom stereocenters. The van der Waals surface area contributed by atoms with Crippen molar-refractivity contribution in [3.8, 4) is 0 Å². The molecule has 0 aliphatic heterocycles. The van der Waals surface area contributed by atoms with Crippen molar-refractivity contribution in [2.75, 3.05) is 0 Å². The van der Waals surface area contributed by atoms with Crippen LogP contribution in [0.1, 0.15) is 50.9 Å². The van der Waals surface area contributed by atoms with E-state index in [2.05, 4.69) is 46.7 Å². The van der Waals surface area contributed by atoms with Crippen LogP contribution >= 0.6 is 15.9 Å². The maximum absolute atomic E-state index is 4.56. The molecule has 1 aromatic heterocycles. The van der Waals surface area contributed by atoms with Gasteiger partial charge < -0.3 is 0 Å². The Labute approximate surface area is 93.3 Å². The van der Waals surface area contributed by atoms with E-state index >= 15 is 0 Å². The number of halogens is 1. The van der Waals surface area contributed by atoms with Crippen molar-refractivity contribution in [2.45, 2.75) is 44.9 Å². The molecule has 1 heterocycles. The first-order valence-electron chi connectivity index (χ1n) is 5.01. The fraction of sp³-hybridized carbons (Fsp3) is 0.636. The van der Waals surface area contributed by atoms with Crippen LogP contribution in [0.4, 0.5) is 0 Å². The van der Waals surface area contributed by atoms with Crippen LogP contribution in [0.5, 0.6) is 0 Å². The highest BCUT2D eigenvalue weighted by Gasteiger charge is 2.32. The predicted molar refractivity (Wildman–Crippen MR) is 60.4 cm³/mol. The first-order chi connectivity index (χ1) is 6.48. The molecule has 0 spiro atoms. The van der Waals surface area contributed by atoms with Crippen molar-refractivity contribution in [1.82, 2.24) is 9.97 Å². The van der Waals surface area contributed by atoms with E-state index in [-0.39, 0.29) is 5.41 Å². The second-order valence-corrected chi connectivity index (χ2v) is 5.76. The van der Waals surface area contributed by atoms with E-state index in [9.17, 15) is 0 Å². The smallest absolute Gasteiger partial charge is 0.124 e. The molecule has 2 rings (SSSR count). The molecule has 1 aliphatic carbocycles. The number of rotatable bonds is 1. The van der Waals surface area contributed by atoms with Crippen molar-refractivity contribution in [1.29, 1.82) is 0 Å². The summed E-state index contributed by atoms with van der Waals surface area (Å²) in [5.74, 6) is 0.671. The minimum absolute atomic E-state index is 0.0920. The Balaban J connectivity index is 2.48. The quantitative estimate of drug-likeness (QED) is 0.768. The zero-order valence-corrected chi connectivity index (χ0v) is 10.4. The third kappa shape index (κ3) is 1.97. The first kappa shape index (κ1) is 10.1. The lowest BCUT2D eigenvalue weighted by molar-refractivity contribution is 0.553. The van der Waals surface area contributed by atoms with Crippen LogP contribution in [-0.2, 0) is 5.41 Å². The molecule has 1 aliphatic rings. The third-order valence-electron chi connectivity index (χ3n) is 2.45. The van der Waals surface area contributed by atoms with Crippen molar-refractivity contribution in [2.24, 2.45) is 0 Å². The number of hydrogen-bond acceptors (Lipinski definition) is 2. The fourth-order valence-corrected chi connectivity index (χ4v) is 1.86. The highest BCUT2D eigenvalue weighted by Crippen LogP contribution is 2.42. The lowest BCUT2D eigenvalue weighted by Crippen LogP contribution is -2.17. The molecule has 0 radical (unpaired) electrons. The number of nitrogens with zero attached hydrogens (tertiary/aromatic N) is 2. The molecule has 1 saturated carbocycles. The lowest BCUT2D eigenvalue weighted by Gasteiger charge is -2.20. The summed E-state index contributed by atoms with van der Waals surface area (Å²) in [5.41, 5.74) is 2.45. The van der Waals surface area contributed by atoms with Gasteiger partial charge in [0.1, 0.15) is 4.60 Å². The first-order valence-corrected chi connectivity index (χ1v) is 5.80. The molecule has 14 heavy (non-hydrogen) atoms. The molecule has 76 valence electrons. The Kier molecular flexibility index (Phi) is 2.38. The summed E-state index contributed by atoms with van der Waals surface area (Å²) in [6.45, 7) is 6.57. The molecule has 2 nitrogen and oxygen atoms in total. The largest absolute Gasteiger partial charge is 0.256 e. The van der Waals surface area contributed by atoms with Gasteiger partial charge in [-0.25, -0.2) is 4.98 Å². The Morgan fingerprint density at radius 3 is 2.50 bits per heavy atom. The van der Waals surface area contributed by atoms with E-state index < -0.39 is 0 Å². The minimum Gasteiger partial charge on any atom is -0.256 e. The Morgan fingerprint density at radius 1 is 1.36 bits per heavy atom.